The number of nitrogens with zero attached hydrogens (tertiary/aromatic N) is 2. The highest BCUT2D eigenvalue weighted by Gasteiger charge is 2.19. The molecule has 0 saturated carbocycles. The van der Waals surface area contributed by atoms with Crippen molar-refractivity contribution in [2.75, 3.05) is 33.4 Å². The van der Waals surface area contributed by atoms with Gasteiger partial charge in [0, 0.05) is 12.7 Å². The van der Waals surface area contributed by atoms with E-state index < -0.39 is 5.97 Å². The second-order valence-electron chi connectivity index (χ2n) is 7.13. The van der Waals surface area contributed by atoms with Gasteiger partial charge in [-0.2, -0.15) is 0 Å². The molecule has 1 fully saturated rings. The molecule has 0 radical (unpaired) electrons. The molecule has 0 spiro atoms. The van der Waals surface area contributed by atoms with Crippen LogP contribution in [0.1, 0.15) is 41.6 Å². The topological polar surface area (TPSA) is 111 Å². The Morgan fingerprint density at radius 2 is 1.90 bits per heavy atom. The number of carbonyl (C=O) groups excluding carboxylic acids is 1. The van der Waals surface area contributed by atoms with Gasteiger partial charge < -0.3 is 24.8 Å². The van der Waals surface area contributed by atoms with E-state index >= 15 is 0 Å². The number of hydrogen-bond acceptors (Lipinski definition) is 7. The summed E-state index contributed by atoms with van der Waals surface area (Å²) in [4.78, 5) is 19.0. The molecular formula is C22H28N4O4. The molecule has 8 heteroatoms. The molecule has 3 rings (SSSR count). The standard InChI is InChI=1S/C22H28N4O4/c1-28-17-8-6-16(7-9-17)22(27)30-21-19(20(23)24)18(10-11-25-21)29-15-5-14-26-12-3-2-4-13-26/h6-11H,2-5,12-15H2,1H3,(H3,23,24). The molecule has 160 valence electrons. The van der Waals surface area contributed by atoms with Crippen LogP contribution in [0.15, 0.2) is 36.5 Å². The summed E-state index contributed by atoms with van der Waals surface area (Å²) in [5.41, 5.74) is 6.25. The van der Waals surface area contributed by atoms with Gasteiger partial charge in [0.1, 0.15) is 22.9 Å². The van der Waals surface area contributed by atoms with Crippen molar-refractivity contribution in [3.63, 3.8) is 0 Å². The number of piperidine rings is 1. The normalized spacial score (nSPS) is 14.2. The zero-order chi connectivity index (χ0) is 21.3. The Morgan fingerprint density at radius 3 is 2.57 bits per heavy atom. The number of methoxy groups -OCH3 is 1. The number of nitrogen functional groups attached to an aromatic ring is 1. The van der Waals surface area contributed by atoms with Gasteiger partial charge in [-0.15, -0.1) is 0 Å². The Morgan fingerprint density at radius 1 is 1.17 bits per heavy atom. The zero-order valence-electron chi connectivity index (χ0n) is 17.2. The number of likely N-dealkylation sites (tertiary alicyclic amines) is 1. The molecule has 1 aliphatic heterocycles. The molecule has 0 amide bonds. The molecule has 1 aromatic heterocycles. The van der Waals surface area contributed by atoms with E-state index in [9.17, 15) is 4.79 Å². The number of nitrogens with two attached hydrogens (primary N) is 1. The number of aromatic nitrogens is 1. The highest BCUT2D eigenvalue weighted by molar-refractivity contribution is 6.01. The Labute approximate surface area is 176 Å². The Balaban J connectivity index is 1.64. The van der Waals surface area contributed by atoms with Crippen molar-refractivity contribution in [2.45, 2.75) is 25.7 Å². The molecule has 30 heavy (non-hydrogen) atoms. The third-order valence-corrected chi connectivity index (χ3v) is 4.99. The minimum absolute atomic E-state index is 0.0446. The number of carbonyl (C=O) groups is 1. The molecule has 1 aliphatic rings. The lowest BCUT2D eigenvalue weighted by Gasteiger charge is -2.26. The predicted octanol–water partition coefficient (Wildman–Crippen LogP) is 2.85. The summed E-state index contributed by atoms with van der Waals surface area (Å²) in [5.74, 6) is 0.0983. The first kappa shape index (κ1) is 21.6. The number of hydrogen-bond donors (Lipinski definition) is 2. The van der Waals surface area contributed by atoms with Crippen LogP contribution < -0.4 is 19.9 Å². The maximum absolute atomic E-state index is 12.5. The van der Waals surface area contributed by atoms with E-state index in [2.05, 4.69) is 9.88 Å². The minimum atomic E-state index is -0.602. The third kappa shape index (κ3) is 5.70. The molecule has 0 unspecified atom stereocenters. The summed E-state index contributed by atoms with van der Waals surface area (Å²) in [5, 5.41) is 7.90. The van der Waals surface area contributed by atoms with Crippen molar-refractivity contribution in [1.29, 1.82) is 5.41 Å². The van der Waals surface area contributed by atoms with E-state index in [1.165, 1.54) is 25.5 Å². The second-order valence-corrected chi connectivity index (χ2v) is 7.13. The van der Waals surface area contributed by atoms with E-state index in [4.69, 9.17) is 25.4 Å². The molecular weight excluding hydrogens is 384 g/mol. The van der Waals surface area contributed by atoms with Crippen molar-refractivity contribution in [3.8, 4) is 17.4 Å². The van der Waals surface area contributed by atoms with Crippen LogP contribution in [0, 0.1) is 5.41 Å². The second kappa shape index (κ2) is 10.6. The van der Waals surface area contributed by atoms with Crippen LogP contribution in [-0.4, -0.2) is 55.0 Å². The molecule has 0 aliphatic carbocycles. The smallest absolute Gasteiger partial charge is 0.344 e. The maximum Gasteiger partial charge on any atom is 0.344 e. The van der Waals surface area contributed by atoms with Crippen LogP contribution >= 0.6 is 0 Å². The van der Waals surface area contributed by atoms with E-state index in [-0.39, 0.29) is 17.3 Å². The van der Waals surface area contributed by atoms with Crippen molar-refractivity contribution < 1.29 is 19.0 Å². The van der Waals surface area contributed by atoms with E-state index in [1.807, 2.05) is 0 Å². The van der Waals surface area contributed by atoms with Gasteiger partial charge in [0.05, 0.1) is 19.3 Å². The molecule has 2 aromatic rings. The summed E-state index contributed by atoms with van der Waals surface area (Å²) in [7, 11) is 1.55. The maximum atomic E-state index is 12.5. The Bertz CT molecular complexity index is 864. The average molecular weight is 412 g/mol. The number of rotatable bonds is 9. The summed E-state index contributed by atoms with van der Waals surface area (Å²) in [6.07, 6.45) is 6.15. The number of ether oxygens (including phenoxy) is 3. The number of pyridine rings is 1. The first-order valence-electron chi connectivity index (χ1n) is 10.1. The summed E-state index contributed by atoms with van der Waals surface area (Å²) in [6.45, 7) is 3.73. The van der Waals surface area contributed by atoms with Gasteiger partial charge in [0.25, 0.3) is 0 Å². The van der Waals surface area contributed by atoms with Gasteiger partial charge in [-0.3, -0.25) is 5.41 Å². The van der Waals surface area contributed by atoms with E-state index in [0.717, 1.165) is 26.1 Å². The average Bonchev–Trinajstić information content (AvgIpc) is 2.77. The SMILES string of the molecule is COc1ccc(C(=O)Oc2nccc(OCCCN3CCCCC3)c2C(=N)N)cc1. The van der Waals surface area contributed by atoms with Crippen LogP contribution in [0.2, 0.25) is 0 Å². The summed E-state index contributed by atoms with van der Waals surface area (Å²) >= 11 is 0. The monoisotopic (exact) mass is 412 g/mol. The molecule has 8 nitrogen and oxygen atoms in total. The van der Waals surface area contributed by atoms with Crippen LogP contribution in [0.4, 0.5) is 0 Å². The Hall–Kier alpha value is -3.13. The lowest BCUT2D eigenvalue weighted by Crippen LogP contribution is -2.31. The summed E-state index contributed by atoms with van der Waals surface area (Å²) in [6, 6.07) is 8.14. The fraction of sp³-hybridized carbons (Fsp3) is 0.409. The van der Waals surface area contributed by atoms with Crippen molar-refractivity contribution in [2.24, 2.45) is 5.73 Å². The van der Waals surface area contributed by atoms with Gasteiger partial charge >= 0.3 is 5.97 Å². The number of nitrogens with one attached hydrogen (secondary N) is 1. The van der Waals surface area contributed by atoms with Gasteiger partial charge in [0.2, 0.25) is 5.88 Å². The van der Waals surface area contributed by atoms with Gasteiger partial charge in [-0.1, -0.05) is 6.42 Å². The first-order valence-corrected chi connectivity index (χ1v) is 10.1. The van der Waals surface area contributed by atoms with E-state index in [1.54, 1.807) is 37.4 Å². The van der Waals surface area contributed by atoms with Crippen LogP contribution in [-0.2, 0) is 0 Å². The largest absolute Gasteiger partial charge is 0.497 e. The quantitative estimate of drug-likeness (QED) is 0.282. The minimum Gasteiger partial charge on any atom is -0.497 e. The predicted molar refractivity (Wildman–Crippen MR) is 114 cm³/mol. The number of benzene rings is 1. The van der Waals surface area contributed by atoms with Crippen LogP contribution in [0.3, 0.4) is 0 Å². The zero-order valence-corrected chi connectivity index (χ0v) is 17.2. The van der Waals surface area contributed by atoms with Gasteiger partial charge in [0.15, 0.2) is 0 Å². The van der Waals surface area contributed by atoms with Crippen molar-refractivity contribution >= 4 is 11.8 Å². The lowest BCUT2D eigenvalue weighted by molar-refractivity contribution is 0.0726. The van der Waals surface area contributed by atoms with Crippen molar-refractivity contribution in [3.05, 3.63) is 47.7 Å². The van der Waals surface area contributed by atoms with Gasteiger partial charge in [-0.25, -0.2) is 9.78 Å². The fourth-order valence-electron chi connectivity index (χ4n) is 3.40. The Kier molecular flexibility index (Phi) is 7.62. The van der Waals surface area contributed by atoms with Crippen molar-refractivity contribution in [1.82, 2.24) is 9.88 Å². The third-order valence-electron chi connectivity index (χ3n) is 4.99. The lowest BCUT2D eigenvalue weighted by atomic mass is 10.1. The first-order chi connectivity index (χ1) is 14.6. The highest BCUT2D eigenvalue weighted by atomic mass is 16.5. The molecule has 2 heterocycles. The molecule has 3 N–H and O–H groups in total. The fourth-order valence-corrected chi connectivity index (χ4v) is 3.40. The van der Waals surface area contributed by atoms with E-state index in [0.29, 0.717) is 23.7 Å². The summed E-state index contributed by atoms with van der Waals surface area (Å²) < 4.78 is 16.4. The molecule has 1 saturated heterocycles. The number of amidine groups is 1. The van der Waals surface area contributed by atoms with Crippen LogP contribution in [0.5, 0.6) is 17.4 Å². The molecule has 0 atom stereocenters. The molecule has 0 bridgehead atoms. The van der Waals surface area contributed by atoms with Gasteiger partial charge in [-0.05, 0) is 62.7 Å². The highest BCUT2D eigenvalue weighted by Crippen LogP contribution is 2.27. The number of esters is 1. The molecule has 1 aromatic carbocycles. The van der Waals surface area contributed by atoms with Crippen LogP contribution in [0.25, 0.3) is 0 Å².